The Bertz CT molecular complexity index is 1130. The molecule has 1 amide bonds. The van der Waals surface area contributed by atoms with Crippen LogP contribution in [0.5, 0.6) is 5.75 Å². The number of carbonyl (C=O) groups excluding carboxylic acids is 2. The average molecular weight is 424 g/mol. The monoisotopic (exact) mass is 424 g/mol. The van der Waals surface area contributed by atoms with Crippen LogP contribution in [-0.4, -0.2) is 38.3 Å². The van der Waals surface area contributed by atoms with Gasteiger partial charge in [-0.2, -0.15) is 0 Å². The van der Waals surface area contributed by atoms with Crippen molar-refractivity contribution in [3.05, 3.63) is 54.5 Å². The summed E-state index contributed by atoms with van der Waals surface area (Å²) in [5.74, 6) is 1.63. The Balaban J connectivity index is 1.57. The molecule has 154 valence electrons. The number of aromatic nitrogens is 3. The Kier molecular flexibility index (Phi) is 5.45. The van der Waals surface area contributed by atoms with E-state index >= 15 is 0 Å². The number of nitrogens with one attached hydrogen (secondary N) is 1. The number of hydrogen-bond donors (Lipinski definition) is 1. The second-order valence-electron chi connectivity index (χ2n) is 6.77. The summed E-state index contributed by atoms with van der Waals surface area (Å²) in [6.45, 7) is 7.96. The summed E-state index contributed by atoms with van der Waals surface area (Å²) >= 11 is 1.32. The minimum atomic E-state index is -0.422. The van der Waals surface area contributed by atoms with Gasteiger partial charge in [0.1, 0.15) is 11.5 Å². The average Bonchev–Trinajstić information content (AvgIpc) is 3.33. The van der Waals surface area contributed by atoms with Crippen molar-refractivity contribution in [1.82, 2.24) is 14.8 Å². The number of rotatable bonds is 7. The Morgan fingerprint density at radius 1 is 1.40 bits per heavy atom. The fourth-order valence-electron chi connectivity index (χ4n) is 3.17. The van der Waals surface area contributed by atoms with E-state index in [0.29, 0.717) is 34.5 Å². The maximum Gasteiger partial charge on any atom is 0.262 e. The molecule has 9 heteroatoms. The fraction of sp³-hybridized carbons (Fsp3) is 0.238. The van der Waals surface area contributed by atoms with Gasteiger partial charge in [0.05, 0.1) is 22.8 Å². The lowest BCUT2D eigenvalue weighted by atomic mass is 10.1. The van der Waals surface area contributed by atoms with E-state index in [-0.39, 0.29) is 18.3 Å². The van der Waals surface area contributed by atoms with E-state index in [1.807, 2.05) is 24.5 Å². The zero-order valence-electron chi connectivity index (χ0n) is 16.5. The Morgan fingerprint density at radius 3 is 2.97 bits per heavy atom. The number of furan rings is 1. The van der Waals surface area contributed by atoms with E-state index in [4.69, 9.17) is 9.15 Å². The van der Waals surface area contributed by atoms with Gasteiger partial charge in [-0.1, -0.05) is 17.8 Å². The highest BCUT2D eigenvalue weighted by molar-refractivity contribution is 8.00. The molecular weight excluding hydrogens is 404 g/mol. The quantitative estimate of drug-likeness (QED) is 0.350. The third-order valence-electron chi connectivity index (χ3n) is 4.68. The molecule has 0 unspecified atom stereocenters. The maximum atomic E-state index is 13.0. The van der Waals surface area contributed by atoms with Crippen LogP contribution in [0.2, 0.25) is 0 Å². The molecule has 0 saturated heterocycles. The van der Waals surface area contributed by atoms with Gasteiger partial charge in [-0.15, -0.1) is 16.8 Å². The predicted octanol–water partition coefficient (Wildman–Crippen LogP) is 3.73. The third kappa shape index (κ3) is 3.76. The molecule has 0 saturated carbocycles. The van der Waals surface area contributed by atoms with Crippen LogP contribution in [0.3, 0.4) is 0 Å². The van der Waals surface area contributed by atoms with E-state index in [9.17, 15) is 9.59 Å². The van der Waals surface area contributed by atoms with Gasteiger partial charge >= 0.3 is 0 Å². The Labute approximate surface area is 177 Å². The molecule has 1 atom stereocenters. The standard InChI is InChI=1S/C21H20N4O4S/c1-4-8-25-20(15-7-9-28-12(15)2)23-24-21(25)30-13(3)19(27)14-5-6-17-16(10-14)22-18(26)11-29-17/h4-7,9-10,13H,1,8,11H2,2-3H3,(H,22,26)/t13-/m0/s1. The van der Waals surface area contributed by atoms with Crippen molar-refractivity contribution < 1.29 is 18.7 Å². The zero-order valence-corrected chi connectivity index (χ0v) is 17.4. The van der Waals surface area contributed by atoms with E-state index in [1.165, 1.54) is 11.8 Å². The van der Waals surface area contributed by atoms with Crippen molar-refractivity contribution in [3.8, 4) is 17.1 Å². The number of fused-ring (bicyclic) bond motifs is 1. The molecule has 1 aromatic carbocycles. The number of carbonyl (C=O) groups is 2. The van der Waals surface area contributed by atoms with Crippen LogP contribution in [0.1, 0.15) is 23.0 Å². The molecule has 2 aromatic heterocycles. The van der Waals surface area contributed by atoms with Crippen LogP contribution in [0.4, 0.5) is 5.69 Å². The molecular formula is C21H20N4O4S. The molecule has 30 heavy (non-hydrogen) atoms. The van der Waals surface area contributed by atoms with Crippen molar-refractivity contribution in [3.63, 3.8) is 0 Å². The number of ketones is 1. The minimum Gasteiger partial charge on any atom is -0.482 e. The number of allylic oxidation sites excluding steroid dienone is 1. The molecule has 1 N–H and O–H groups in total. The molecule has 8 nitrogen and oxygen atoms in total. The summed E-state index contributed by atoms with van der Waals surface area (Å²) in [6, 6.07) is 6.87. The number of aryl methyl sites for hydroxylation is 1. The molecule has 0 radical (unpaired) electrons. The second-order valence-corrected chi connectivity index (χ2v) is 8.08. The summed E-state index contributed by atoms with van der Waals surface area (Å²) in [5, 5.41) is 11.5. The molecule has 3 heterocycles. The number of ether oxygens (including phenoxy) is 1. The van der Waals surface area contributed by atoms with Crippen LogP contribution >= 0.6 is 11.8 Å². The van der Waals surface area contributed by atoms with Gasteiger partial charge in [0, 0.05) is 12.1 Å². The number of benzene rings is 1. The lowest BCUT2D eigenvalue weighted by Gasteiger charge is -2.19. The number of hydrogen-bond acceptors (Lipinski definition) is 7. The van der Waals surface area contributed by atoms with Crippen molar-refractivity contribution in [2.75, 3.05) is 11.9 Å². The van der Waals surface area contributed by atoms with E-state index in [2.05, 4.69) is 22.1 Å². The van der Waals surface area contributed by atoms with Gasteiger partial charge in [-0.05, 0) is 38.1 Å². The van der Waals surface area contributed by atoms with Crippen molar-refractivity contribution in [2.45, 2.75) is 30.8 Å². The largest absolute Gasteiger partial charge is 0.482 e. The van der Waals surface area contributed by atoms with Gasteiger partial charge in [-0.25, -0.2) is 0 Å². The number of thioether (sulfide) groups is 1. The first kappa shape index (κ1) is 20.0. The summed E-state index contributed by atoms with van der Waals surface area (Å²) in [7, 11) is 0. The smallest absolute Gasteiger partial charge is 0.262 e. The Hall–Kier alpha value is -3.33. The first-order valence-corrected chi connectivity index (χ1v) is 10.2. The number of amides is 1. The predicted molar refractivity (Wildman–Crippen MR) is 113 cm³/mol. The number of anilines is 1. The third-order valence-corrected chi connectivity index (χ3v) is 5.76. The van der Waals surface area contributed by atoms with Crippen molar-refractivity contribution in [2.24, 2.45) is 0 Å². The minimum absolute atomic E-state index is 0.0238. The van der Waals surface area contributed by atoms with Gasteiger partial charge < -0.3 is 14.5 Å². The van der Waals surface area contributed by atoms with Crippen LogP contribution in [-0.2, 0) is 11.3 Å². The number of Topliss-reactive ketones (excluding diaryl/α,β-unsaturated/α-hetero) is 1. The molecule has 0 bridgehead atoms. The molecule has 4 rings (SSSR count). The van der Waals surface area contributed by atoms with Crippen LogP contribution in [0.15, 0.2) is 52.8 Å². The lowest BCUT2D eigenvalue weighted by Crippen LogP contribution is -2.25. The van der Waals surface area contributed by atoms with Gasteiger partial charge in [0.2, 0.25) is 0 Å². The van der Waals surface area contributed by atoms with Gasteiger partial charge in [0.15, 0.2) is 23.4 Å². The normalized spacial score (nSPS) is 13.9. The van der Waals surface area contributed by atoms with E-state index < -0.39 is 5.25 Å². The molecule has 0 fully saturated rings. The highest BCUT2D eigenvalue weighted by Gasteiger charge is 2.24. The highest BCUT2D eigenvalue weighted by Crippen LogP contribution is 2.32. The zero-order chi connectivity index (χ0) is 21.3. The SMILES string of the molecule is C=CCn1c(S[C@@H](C)C(=O)c2ccc3c(c2)NC(=O)CO3)nnc1-c1ccoc1C. The fourth-order valence-corrected chi connectivity index (χ4v) is 4.10. The molecule has 0 aliphatic carbocycles. The first-order valence-electron chi connectivity index (χ1n) is 9.34. The Morgan fingerprint density at radius 2 is 2.23 bits per heavy atom. The molecule has 1 aliphatic rings. The van der Waals surface area contributed by atoms with Gasteiger partial charge in [-0.3, -0.25) is 14.2 Å². The molecule has 1 aliphatic heterocycles. The topological polar surface area (TPSA) is 99.2 Å². The van der Waals surface area contributed by atoms with E-state index in [1.54, 1.807) is 30.5 Å². The molecule has 3 aromatic rings. The first-order chi connectivity index (χ1) is 14.5. The second kappa shape index (κ2) is 8.19. The molecule has 0 spiro atoms. The highest BCUT2D eigenvalue weighted by atomic mass is 32.2. The maximum absolute atomic E-state index is 13.0. The van der Waals surface area contributed by atoms with Crippen LogP contribution in [0.25, 0.3) is 11.4 Å². The summed E-state index contributed by atoms with van der Waals surface area (Å²) in [4.78, 5) is 24.6. The van der Waals surface area contributed by atoms with E-state index in [0.717, 1.165) is 11.3 Å². The van der Waals surface area contributed by atoms with Gasteiger partial charge in [0.25, 0.3) is 5.91 Å². The summed E-state index contributed by atoms with van der Waals surface area (Å²) in [5.41, 5.74) is 1.84. The number of nitrogens with zero attached hydrogens (tertiary/aromatic N) is 3. The summed E-state index contributed by atoms with van der Waals surface area (Å²) < 4.78 is 12.6. The van der Waals surface area contributed by atoms with Crippen molar-refractivity contribution in [1.29, 1.82) is 0 Å². The van der Waals surface area contributed by atoms with Crippen LogP contribution in [0, 0.1) is 6.92 Å². The van der Waals surface area contributed by atoms with Crippen molar-refractivity contribution >= 4 is 29.1 Å². The lowest BCUT2D eigenvalue weighted by molar-refractivity contribution is -0.118. The van der Waals surface area contributed by atoms with Crippen LogP contribution < -0.4 is 10.1 Å². The summed E-state index contributed by atoms with van der Waals surface area (Å²) in [6.07, 6.45) is 3.36.